The van der Waals surface area contributed by atoms with Crippen LogP contribution in [0.25, 0.3) is 88.3 Å². The topological polar surface area (TPSA) is 16.4 Å². The third-order valence-electron chi connectivity index (χ3n) is 11.7. The third-order valence-corrected chi connectivity index (χ3v) is 11.7. The summed E-state index contributed by atoms with van der Waals surface area (Å²) >= 11 is 0. The largest absolute Gasteiger partial charge is 0.454 e. The number of hydrogen-bond acceptors (Lipinski definition) is 2. The van der Waals surface area contributed by atoms with Gasteiger partial charge >= 0.3 is 0 Å². The number of para-hydroxylation sites is 2. The average molecular weight is 766 g/mol. The molecule has 11 rings (SSSR count). The SMILES string of the molecule is c1ccc(-c2ccccc2-c2c(-c3ccccc3)cccc2-c2ccc(N(c3cccc(-c4cccc5ccccc45)c3)c3cccc4c3oc3ccccc34)cc2)cc1. The monoisotopic (exact) mass is 765 g/mol. The van der Waals surface area contributed by atoms with Crippen LogP contribution in [-0.2, 0) is 0 Å². The molecule has 0 aliphatic rings. The predicted molar refractivity (Wildman–Crippen MR) is 253 cm³/mol. The van der Waals surface area contributed by atoms with Crippen LogP contribution in [0.15, 0.2) is 241 Å². The lowest BCUT2D eigenvalue weighted by atomic mass is 9.84. The van der Waals surface area contributed by atoms with Crippen molar-refractivity contribution in [1.82, 2.24) is 0 Å². The van der Waals surface area contributed by atoms with Crippen LogP contribution in [0, 0.1) is 0 Å². The van der Waals surface area contributed by atoms with Crippen LogP contribution >= 0.6 is 0 Å². The number of benzene rings is 10. The lowest BCUT2D eigenvalue weighted by Crippen LogP contribution is -2.10. The Bertz CT molecular complexity index is 3300. The molecule has 0 bridgehead atoms. The summed E-state index contributed by atoms with van der Waals surface area (Å²) in [5, 5.41) is 4.65. The van der Waals surface area contributed by atoms with Gasteiger partial charge in [-0.1, -0.05) is 200 Å². The van der Waals surface area contributed by atoms with Crippen molar-refractivity contribution in [2.75, 3.05) is 4.90 Å². The molecule has 2 heteroatoms. The van der Waals surface area contributed by atoms with Crippen molar-refractivity contribution in [3.63, 3.8) is 0 Å². The number of nitrogens with zero attached hydrogens (tertiary/aromatic N) is 1. The molecule has 282 valence electrons. The molecule has 1 aromatic heterocycles. The molecule has 0 fully saturated rings. The number of furan rings is 1. The summed E-state index contributed by atoms with van der Waals surface area (Å²) in [6.07, 6.45) is 0. The van der Waals surface area contributed by atoms with Crippen LogP contribution in [0.2, 0.25) is 0 Å². The standard InChI is InChI=1S/C58H39NO/c1-3-17-40(18-4-1)48-26-9-10-28-53(48)57-50(42-19-5-2-6-20-42)30-15-31-51(57)43-35-37-45(38-36-43)59(55-33-16-32-54-52-27-11-12-34-56(52)60-58(54)55)46-24-13-23-44(39-46)49-29-14-22-41-21-7-8-25-47(41)49/h1-39H. The Morgan fingerprint density at radius 3 is 1.60 bits per heavy atom. The van der Waals surface area contributed by atoms with E-state index in [1.807, 2.05) is 6.07 Å². The van der Waals surface area contributed by atoms with E-state index in [1.54, 1.807) is 0 Å². The molecule has 0 saturated heterocycles. The zero-order chi connectivity index (χ0) is 39.8. The van der Waals surface area contributed by atoms with Gasteiger partial charge in [0.15, 0.2) is 5.58 Å². The minimum absolute atomic E-state index is 0.855. The molecule has 60 heavy (non-hydrogen) atoms. The van der Waals surface area contributed by atoms with Crippen LogP contribution in [0.3, 0.4) is 0 Å². The van der Waals surface area contributed by atoms with E-state index in [9.17, 15) is 0 Å². The van der Waals surface area contributed by atoms with E-state index in [0.29, 0.717) is 0 Å². The van der Waals surface area contributed by atoms with Gasteiger partial charge in [-0.25, -0.2) is 0 Å². The zero-order valence-corrected chi connectivity index (χ0v) is 32.9. The molecule has 0 amide bonds. The minimum Gasteiger partial charge on any atom is -0.454 e. The van der Waals surface area contributed by atoms with E-state index < -0.39 is 0 Å². The Morgan fingerprint density at radius 2 is 0.817 bits per heavy atom. The van der Waals surface area contributed by atoms with Crippen molar-refractivity contribution in [1.29, 1.82) is 0 Å². The maximum Gasteiger partial charge on any atom is 0.159 e. The number of fused-ring (bicyclic) bond motifs is 4. The average Bonchev–Trinajstić information content (AvgIpc) is 3.72. The van der Waals surface area contributed by atoms with Crippen molar-refractivity contribution in [2.45, 2.75) is 0 Å². The summed E-state index contributed by atoms with van der Waals surface area (Å²) in [6.45, 7) is 0. The highest BCUT2D eigenvalue weighted by Crippen LogP contribution is 2.46. The van der Waals surface area contributed by atoms with Crippen molar-refractivity contribution in [2.24, 2.45) is 0 Å². The Kier molecular flexibility index (Phi) is 8.87. The summed E-state index contributed by atoms with van der Waals surface area (Å²) in [5.74, 6) is 0. The van der Waals surface area contributed by atoms with Crippen LogP contribution in [-0.4, -0.2) is 0 Å². The quantitative estimate of drug-likeness (QED) is 0.153. The van der Waals surface area contributed by atoms with Gasteiger partial charge in [-0.15, -0.1) is 0 Å². The summed E-state index contributed by atoms with van der Waals surface area (Å²) in [6, 6.07) is 84.8. The molecule has 0 radical (unpaired) electrons. The first-order valence-corrected chi connectivity index (χ1v) is 20.5. The lowest BCUT2D eigenvalue weighted by molar-refractivity contribution is 0.669. The number of anilines is 3. The molecule has 1 heterocycles. The number of hydrogen-bond donors (Lipinski definition) is 0. The van der Waals surface area contributed by atoms with Crippen LogP contribution in [0.4, 0.5) is 17.1 Å². The van der Waals surface area contributed by atoms with Gasteiger partial charge in [0.1, 0.15) is 5.58 Å². The first-order valence-electron chi connectivity index (χ1n) is 20.5. The van der Waals surface area contributed by atoms with E-state index in [2.05, 4.69) is 235 Å². The second kappa shape index (κ2) is 15.1. The molecule has 0 aliphatic heterocycles. The lowest BCUT2D eigenvalue weighted by Gasteiger charge is -2.26. The summed E-state index contributed by atoms with van der Waals surface area (Å²) in [4.78, 5) is 2.34. The fourth-order valence-corrected chi connectivity index (χ4v) is 8.93. The van der Waals surface area contributed by atoms with E-state index in [-0.39, 0.29) is 0 Å². The fourth-order valence-electron chi connectivity index (χ4n) is 8.93. The normalized spacial score (nSPS) is 11.3. The van der Waals surface area contributed by atoms with Gasteiger partial charge in [0.05, 0.1) is 5.69 Å². The summed E-state index contributed by atoms with van der Waals surface area (Å²) in [7, 11) is 0. The van der Waals surface area contributed by atoms with Crippen LogP contribution in [0.5, 0.6) is 0 Å². The molecule has 0 unspecified atom stereocenters. The van der Waals surface area contributed by atoms with Crippen LogP contribution < -0.4 is 4.90 Å². The third kappa shape index (κ3) is 6.23. The fraction of sp³-hybridized carbons (Fsp3) is 0. The van der Waals surface area contributed by atoms with Gasteiger partial charge in [0.25, 0.3) is 0 Å². The highest BCUT2D eigenvalue weighted by Gasteiger charge is 2.22. The summed E-state index contributed by atoms with van der Waals surface area (Å²) in [5.41, 5.74) is 16.7. The first kappa shape index (κ1) is 35.2. The van der Waals surface area contributed by atoms with Gasteiger partial charge in [-0.05, 0) is 103 Å². The Morgan fingerprint density at radius 1 is 0.300 bits per heavy atom. The Balaban J connectivity index is 1.10. The van der Waals surface area contributed by atoms with E-state index >= 15 is 0 Å². The van der Waals surface area contributed by atoms with Gasteiger partial charge in [0.2, 0.25) is 0 Å². The zero-order valence-electron chi connectivity index (χ0n) is 32.9. The highest BCUT2D eigenvalue weighted by atomic mass is 16.3. The molecule has 11 aromatic rings. The molecule has 2 nitrogen and oxygen atoms in total. The van der Waals surface area contributed by atoms with Crippen molar-refractivity contribution in [3.05, 3.63) is 237 Å². The van der Waals surface area contributed by atoms with E-state index in [0.717, 1.165) is 50.1 Å². The first-order chi connectivity index (χ1) is 29.8. The van der Waals surface area contributed by atoms with Gasteiger partial charge in [-0.3, -0.25) is 0 Å². The number of rotatable bonds is 8. The van der Waals surface area contributed by atoms with Crippen molar-refractivity contribution in [3.8, 4) is 55.6 Å². The molecule has 10 aromatic carbocycles. The predicted octanol–water partition coefficient (Wildman–Crippen LogP) is 16.5. The maximum absolute atomic E-state index is 6.70. The Labute approximate surface area is 349 Å². The Hall–Kier alpha value is -7.94. The smallest absolute Gasteiger partial charge is 0.159 e. The second-order valence-electron chi connectivity index (χ2n) is 15.2. The second-order valence-corrected chi connectivity index (χ2v) is 15.2. The summed E-state index contributed by atoms with van der Waals surface area (Å²) < 4.78 is 6.70. The van der Waals surface area contributed by atoms with Crippen LogP contribution in [0.1, 0.15) is 0 Å². The maximum atomic E-state index is 6.70. The molecule has 0 spiro atoms. The molecule has 0 atom stereocenters. The minimum atomic E-state index is 0.855. The molecular weight excluding hydrogens is 727 g/mol. The van der Waals surface area contributed by atoms with Crippen molar-refractivity contribution >= 4 is 49.8 Å². The van der Waals surface area contributed by atoms with E-state index in [4.69, 9.17) is 4.42 Å². The van der Waals surface area contributed by atoms with Gasteiger partial charge in [0, 0.05) is 22.1 Å². The van der Waals surface area contributed by atoms with Gasteiger partial charge in [-0.2, -0.15) is 0 Å². The van der Waals surface area contributed by atoms with Gasteiger partial charge < -0.3 is 9.32 Å². The molecule has 0 N–H and O–H groups in total. The molecule has 0 aliphatic carbocycles. The van der Waals surface area contributed by atoms with E-state index in [1.165, 1.54) is 55.3 Å². The molecular formula is C58H39NO. The highest BCUT2D eigenvalue weighted by molar-refractivity contribution is 6.10. The molecule has 0 saturated carbocycles. The van der Waals surface area contributed by atoms with Crippen molar-refractivity contribution < 1.29 is 4.42 Å².